The molecule has 1 aliphatic heterocycles. The van der Waals surface area contributed by atoms with Gasteiger partial charge >= 0.3 is 0 Å². The van der Waals surface area contributed by atoms with Crippen LogP contribution in [-0.2, 0) is 10.0 Å². The van der Waals surface area contributed by atoms with Crippen molar-refractivity contribution in [3.63, 3.8) is 0 Å². The average Bonchev–Trinajstić information content (AvgIpc) is 2.39. The van der Waals surface area contributed by atoms with Gasteiger partial charge in [0.1, 0.15) is 10.7 Å². The molecule has 0 saturated carbocycles. The van der Waals surface area contributed by atoms with Crippen LogP contribution in [0.15, 0.2) is 23.4 Å². The minimum atomic E-state index is -3.68. The van der Waals surface area contributed by atoms with Crippen LogP contribution in [0.1, 0.15) is 19.8 Å². The first-order valence-electron chi connectivity index (χ1n) is 6.27. The molecule has 0 aromatic carbocycles. The van der Waals surface area contributed by atoms with E-state index in [4.69, 9.17) is 5.73 Å². The number of halogens is 2. The highest BCUT2D eigenvalue weighted by Crippen LogP contribution is 2.24. The lowest BCUT2D eigenvalue weighted by atomic mass is 9.93. The number of nitrogens with two attached hydrogens (primary N) is 1. The molecule has 1 aromatic rings. The molecule has 2 rings (SSSR count). The molecule has 2 N–H and O–H groups in total. The van der Waals surface area contributed by atoms with Crippen LogP contribution in [0, 0.1) is 11.7 Å². The van der Waals surface area contributed by atoms with Gasteiger partial charge in [-0.1, -0.05) is 0 Å². The van der Waals surface area contributed by atoms with E-state index in [0.29, 0.717) is 13.1 Å². The summed E-state index contributed by atoms with van der Waals surface area (Å²) in [7, 11) is -3.68. The fourth-order valence-electron chi connectivity index (χ4n) is 2.30. The van der Waals surface area contributed by atoms with Gasteiger partial charge in [0.25, 0.3) is 0 Å². The number of rotatable bonds is 3. The number of hydrogen-bond donors (Lipinski definition) is 1. The topological polar surface area (TPSA) is 76.3 Å². The molecule has 114 valence electrons. The summed E-state index contributed by atoms with van der Waals surface area (Å²) in [6, 6.07) is 0.946. The molecule has 2 heterocycles. The summed E-state index contributed by atoms with van der Waals surface area (Å²) in [6.07, 6.45) is 3.85. The van der Waals surface area contributed by atoms with Gasteiger partial charge in [0.15, 0.2) is 0 Å². The van der Waals surface area contributed by atoms with Crippen LogP contribution in [0.3, 0.4) is 0 Å². The molecule has 0 radical (unpaired) electrons. The monoisotopic (exact) mass is 323 g/mol. The van der Waals surface area contributed by atoms with Crippen LogP contribution < -0.4 is 5.73 Å². The van der Waals surface area contributed by atoms with E-state index < -0.39 is 15.8 Å². The lowest BCUT2D eigenvalue weighted by Crippen LogP contribution is -2.44. The first-order chi connectivity index (χ1) is 8.91. The molecule has 20 heavy (non-hydrogen) atoms. The zero-order valence-corrected chi connectivity index (χ0v) is 12.8. The second-order valence-corrected chi connectivity index (χ2v) is 6.90. The highest BCUT2D eigenvalue weighted by Gasteiger charge is 2.31. The number of hydrogen-bond acceptors (Lipinski definition) is 4. The molecule has 0 spiro atoms. The van der Waals surface area contributed by atoms with Crippen molar-refractivity contribution >= 4 is 22.4 Å². The van der Waals surface area contributed by atoms with Crippen LogP contribution in [-0.4, -0.2) is 36.8 Å². The summed E-state index contributed by atoms with van der Waals surface area (Å²) in [5.41, 5.74) is 5.84. The summed E-state index contributed by atoms with van der Waals surface area (Å²) >= 11 is 0. The van der Waals surface area contributed by atoms with E-state index in [9.17, 15) is 12.8 Å². The Morgan fingerprint density at radius 2 is 2.20 bits per heavy atom. The lowest BCUT2D eigenvalue weighted by molar-refractivity contribution is 0.243. The van der Waals surface area contributed by atoms with Crippen molar-refractivity contribution in [1.82, 2.24) is 9.29 Å². The van der Waals surface area contributed by atoms with E-state index in [1.54, 1.807) is 0 Å². The molecule has 2 unspecified atom stereocenters. The predicted molar refractivity (Wildman–Crippen MR) is 76.6 cm³/mol. The molecule has 1 aliphatic rings. The average molecular weight is 324 g/mol. The summed E-state index contributed by atoms with van der Waals surface area (Å²) in [5, 5.41) is 0. The summed E-state index contributed by atoms with van der Waals surface area (Å²) in [6.45, 7) is 2.71. The molecule has 1 saturated heterocycles. The first kappa shape index (κ1) is 17.3. The minimum Gasteiger partial charge on any atom is -0.328 e. The Morgan fingerprint density at radius 1 is 1.50 bits per heavy atom. The zero-order valence-electron chi connectivity index (χ0n) is 11.2. The molecular formula is C12H19ClFN3O2S. The van der Waals surface area contributed by atoms with Crippen LogP contribution in [0.4, 0.5) is 4.39 Å². The SMILES string of the molecule is CC(N)C1CCCN(S(=O)(=O)c2cncc(F)c2)C1.Cl. The fourth-order valence-corrected chi connectivity index (χ4v) is 3.81. The largest absolute Gasteiger partial charge is 0.328 e. The summed E-state index contributed by atoms with van der Waals surface area (Å²) in [5.74, 6) is -0.508. The molecule has 0 aliphatic carbocycles. The van der Waals surface area contributed by atoms with Crippen molar-refractivity contribution in [2.45, 2.75) is 30.7 Å². The highest BCUT2D eigenvalue weighted by molar-refractivity contribution is 7.89. The molecule has 5 nitrogen and oxygen atoms in total. The van der Waals surface area contributed by atoms with Gasteiger partial charge in [-0.25, -0.2) is 12.8 Å². The van der Waals surface area contributed by atoms with Gasteiger partial charge in [-0.3, -0.25) is 4.98 Å². The fraction of sp³-hybridized carbons (Fsp3) is 0.583. The maximum Gasteiger partial charge on any atom is 0.244 e. The highest BCUT2D eigenvalue weighted by atomic mass is 35.5. The number of piperidine rings is 1. The Hall–Kier alpha value is -0.760. The minimum absolute atomic E-state index is 0. The van der Waals surface area contributed by atoms with Crippen molar-refractivity contribution in [1.29, 1.82) is 0 Å². The van der Waals surface area contributed by atoms with Gasteiger partial charge in [-0.15, -0.1) is 12.4 Å². The molecule has 1 aromatic heterocycles. The summed E-state index contributed by atoms with van der Waals surface area (Å²) < 4.78 is 39.3. The number of aromatic nitrogens is 1. The van der Waals surface area contributed by atoms with Crippen LogP contribution in [0.5, 0.6) is 0 Å². The predicted octanol–water partition coefficient (Wildman–Crippen LogP) is 1.39. The van der Waals surface area contributed by atoms with Crippen LogP contribution in [0.2, 0.25) is 0 Å². The van der Waals surface area contributed by atoms with E-state index in [1.165, 1.54) is 10.5 Å². The van der Waals surface area contributed by atoms with E-state index in [-0.39, 0.29) is 29.3 Å². The summed E-state index contributed by atoms with van der Waals surface area (Å²) in [4.78, 5) is 3.49. The van der Waals surface area contributed by atoms with E-state index in [1.807, 2.05) is 6.92 Å². The Labute approximate surface area is 124 Å². The van der Waals surface area contributed by atoms with Crippen molar-refractivity contribution in [2.75, 3.05) is 13.1 Å². The first-order valence-corrected chi connectivity index (χ1v) is 7.71. The Morgan fingerprint density at radius 3 is 2.80 bits per heavy atom. The van der Waals surface area contributed by atoms with E-state index in [0.717, 1.165) is 25.1 Å². The third kappa shape index (κ3) is 3.66. The molecule has 2 atom stereocenters. The standard InChI is InChI=1S/C12H18FN3O2S.ClH/c1-9(14)10-3-2-4-16(8-10)19(17,18)12-5-11(13)6-15-7-12;/h5-7,9-10H,2-4,8,14H2,1H3;1H. The maximum atomic E-state index is 13.1. The Bertz CT molecular complexity index is 553. The molecule has 0 amide bonds. The van der Waals surface area contributed by atoms with Gasteiger partial charge < -0.3 is 5.73 Å². The normalized spacial score (nSPS) is 22.1. The van der Waals surface area contributed by atoms with Gasteiger partial charge in [-0.2, -0.15) is 4.31 Å². The van der Waals surface area contributed by atoms with Gasteiger partial charge in [0.05, 0.1) is 6.20 Å². The molecular weight excluding hydrogens is 305 g/mol. The second-order valence-electron chi connectivity index (χ2n) is 4.96. The van der Waals surface area contributed by atoms with Crippen molar-refractivity contribution < 1.29 is 12.8 Å². The third-order valence-corrected chi connectivity index (χ3v) is 5.31. The molecule has 0 bridgehead atoms. The Balaban J connectivity index is 0.00000200. The third-order valence-electron chi connectivity index (χ3n) is 3.48. The van der Waals surface area contributed by atoms with Crippen molar-refractivity contribution in [2.24, 2.45) is 11.7 Å². The quantitative estimate of drug-likeness (QED) is 0.912. The smallest absolute Gasteiger partial charge is 0.244 e. The van der Waals surface area contributed by atoms with Crippen molar-refractivity contribution in [3.8, 4) is 0 Å². The van der Waals surface area contributed by atoms with Gasteiger partial charge in [0.2, 0.25) is 10.0 Å². The van der Waals surface area contributed by atoms with E-state index >= 15 is 0 Å². The second kappa shape index (κ2) is 6.80. The number of pyridine rings is 1. The molecule has 8 heteroatoms. The Kier molecular flexibility index (Phi) is 5.88. The van der Waals surface area contributed by atoms with Crippen molar-refractivity contribution in [3.05, 3.63) is 24.3 Å². The van der Waals surface area contributed by atoms with Gasteiger partial charge in [-0.05, 0) is 31.7 Å². The number of sulfonamides is 1. The number of nitrogens with zero attached hydrogens (tertiary/aromatic N) is 2. The zero-order chi connectivity index (χ0) is 14.0. The maximum absolute atomic E-state index is 13.1. The van der Waals surface area contributed by atoms with Gasteiger partial charge in [0, 0.05) is 25.3 Å². The van der Waals surface area contributed by atoms with Crippen LogP contribution in [0.25, 0.3) is 0 Å². The van der Waals surface area contributed by atoms with Crippen LogP contribution >= 0.6 is 12.4 Å². The van der Waals surface area contributed by atoms with E-state index in [2.05, 4.69) is 4.98 Å². The molecule has 1 fully saturated rings. The lowest BCUT2D eigenvalue weighted by Gasteiger charge is -2.33.